The van der Waals surface area contributed by atoms with Gasteiger partial charge in [0, 0.05) is 14.2 Å². The van der Waals surface area contributed by atoms with E-state index in [0.717, 1.165) is 12.3 Å². The first kappa shape index (κ1) is 12.5. The molecule has 0 saturated heterocycles. The average Bonchev–Trinajstić information content (AvgIpc) is 2.43. The third-order valence-electron chi connectivity index (χ3n) is 2.18. The van der Waals surface area contributed by atoms with Crippen LogP contribution in [0.25, 0.3) is 0 Å². The molecule has 3 heteroatoms. The molecule has 14 heavy (non-hydrogen) atoms. The molecule has 80 valence electrons. The Bertz CT molecular complexity index is 274. The zero-order chi connectivity index (χ0) is 10.7. The van der Waals surface area contributed by atoms with E-state index in [1.165, 1.54) is 20.6 Å². The fourth-order valence-electron chi connectivity index (χ4n) is 1.26. The van der Waals surface area contributed by atoms with Crippen LogP contribution in [0, 0.1) is 12.8 Å². The fraction of sp³-hybridized carbons (Fsp3) is 0.636. The normalized spacial score (nSPS) is 13.6. The molecule has 1 aromatic rings. The van der Waals surface area contributed by atoms with Gasteiger partial charge >= 0.3 is 0 Å². The van der Waals surface area contributed by atoms with E-state index in [-0.39, 0.29) is 5.38 Å². The van der Waals surface area contributed by atoms with E-state index in [1.54, 1.807) is 11.3 Å². The highest BCUT2D eigenvalue weighted by atomic mass is 79.9. The standard InChI is InChI=1S/C11H16BrClS/c1-7(2)4-5-10(13)11-6-9(12)8(3)14-11/h6-7,10H,4-5H2,1-3H3. The Morgan fingerprint density at radius 1 is 1.43 bits per heavy atom. The number of alkyl halides is 1. The van der Waals surface area contributed by atoms with E-state index in [2.05, 4.69) is 42.8 Å². The summed E-state index contributed by atoms with van der Waals surface area (Å²) in [5.74, 6) is 0.737. The van der Waals surface area contributed by atoms with Crippen LogP contribution in [-0.2, 0) is 0 Å². The van der Waals surface area contributed by atoms with Crippen LogP contribution in [0.1, 0.15) is 41.8 Å². The van der Waals surface area contributed by atoms with E-state index in [4.69, 9.17) is 11.6 Å². The van der Waals surface area contributed by atoms with Gasteiger partial charge in [-0.2, -0.15) is 0 Å². The predicted octanol–water partition coefficient (Wildman–Crippen LogP) is 5.54. The highest BCUT2D eigenvalue weighted by Gasteiger charge is 2.12. The Morgan fingerprint density at radius 3 is 2.50 bits per heavy atom. The van der Waals surface area contributed by atoms with Crippen LogP contribution in [-0.4, -0.2) is 0 Å². The van der Waals surface area contributed by atoms with Gasteiger partial charge in [0.15, 0.2) is 0 Å². The van der Waals surface area contributed by atoms with Crippen molar-refractivity contribution in [1.82, 2.24) is 0 Å². The van der Waals surface area contributed by atoms with E-state index in [0.29, 0.717) is 0 Å². The van der Waals surface area contributed by atoms with Crippen molar-refractivity contribution in [3.63, 3.8) is 0 Å². The van der Waals surface area contributed by atoms with Gasteiger partial charge in [0.05, 0.1) is 5.38 Å². The second-order valence-electron chi connectivity index (χ2n) is 3.99. The quantitative estimate of drug-likeness (QED) is 0.640. The smallest absolute Gasteiger partial charge is 0.0679 e. The first-order valence-electron chi connectivity index (χ1n) is 4.90. The van der Waals surface area contributed by atoms with E-state index in [9.17, 15) is 0 Å². The van der Waals surface area contributed by atoms with Gasteiger partial charge in [-0.3, -0.25) is 0 Å². The zero-order valence-electron chi connectivity index (χ0n) is 8.81. The molecule has 0 bridgehead atoms. The zero-order valence-corrected chi connectivity index (χ0v) is 12.0. The summed E-state index contributed by atoms with van der Waals surface area (Å²) < 4.78 is 1.19. The summed E-state index contributed by atoms with van der Waals surface area (Å²) in [6.07, 6.45) is 2.27. The molecule has 0 nitrogen and oxygen atoms in total. The summed E-state index contributed by atoms with van der Waals surface area (Å²) in [4.78, 5) is 2.60. The van der Waals surface area contributed by atoms with Crippen molar-refractivity contribution < 1.29 is 0 Å². The molecule has 1 aromatic heterocycles. The Morgan fingerprint density at radius 2 is 2.07 bits per heavy atom. The molecule has 1 rings (SSSR count). The molecule has 0 amide bonds. The molecule has 1 atom stereocenters. The maximum Gasteiger partial charge on any atom is 0.0679 e. The lowest BCUT2D eigenvalue weighted by molar-refractivity contribution is 0.551. The van der Waals surface area contributed by atoms with Gasteiger partial charge < -0.3 is 0 Å². The van der Waals surface area contributed by atoms with Crippen LogP contribution < -0.4 is 0 Å². The Hall–Kier alpha value is 0.470. The minimum absolute atomic E-state index is 0.187. The maximum absolute atomic E-state index is 6.33. The number of aryl methyl sites for hydroxylation is 1. The highest BCUT2D eigenvalue weighted by Crippen LogP contribution is 2.36. The summed E-state index contributed by atoms with van der Waals surface area (Å²) in [7, 11) is 0. The first-order valence-corrected chi connectivity index (χ1v) is 6.95. The Kier molecular flexibility index (Phi) is 4.95. The van der Waals surface area contributed by atoms with Crippen molar-refractivity contribution in [2.24, 2.45) is 5.92 Å². The van der Waals surface area contributed by atoms with Gasteiger partial charge in [0.1, 0.15) is 0 Å². The van der Waals surface area contributed by atoms with Crippen molar-refractivity contribution in [2.45, 2.75) is 39.0 Å². The van der Waals surface area contributed by atoms with Gasteiger partial charge in [-0.15, -0.1) is 22.9 Å². The summed E-state index contributed by atoms with van der Waals surface area (Å²) >= 11 is 11.6. The van der Waals surface area contributed by atoms with Gasteiger partial charge in [0.2, 0.25) is 0 Å². The Balaban J connectivity index is 2.56. The summed E-state index contributed by atoms with van der Waals surface area (Å²) in [6.45, 7) is 6.59. The van der Waals surface area contributed by atoms with Gasteiger partial charge in [-0.05, 0) is 47.7 Å². The number of hydrogen-bond acceptors (Lipinski definition) is 1. The van der Waals surface area contributed by atoms with Crippen molar-refractivity contribution in [3.8, 4) is 0 Å². The molecule has 0 fully saturated rings. The lowest BCUT2D eigenvalue weighted by atomic mass is 10.1. The van der Waals surface area contributed by atoms with Crippen molar-refractivity contribution >= 4 is 38.9 Å². The highest BCUT2D eigenvalue weighted by molar-refractivity contribution is 9.10. The van der Waals surface area contributed by atoms with Crippen LogP contribution in [0.15, 0.2) is 10.5 Å². The second kappa shape index (κ2) is 5.53. The summed E-state index contributed by atoms with van der Waals surface area (Å²) in [6, 6.07) is 2.15. The van der Waals surface area contributed by atoms with Gasteiger partial charge in [-0.1, -0.05) is 13.8 Å². The molecule has 0 N–H and O–H groups in total. The largest absolute Gasteiger partial charge is 0.143 e. The van der Waals surface area contributed by atoms with E-state index in [1.807, 2.05) is 0 Å². The number of halogens is 2. The van der Waals surface area contributed by atoms with Gasteiger partial charge in [0.25, 0.3) is 0 Å². The number of hydrogen-bond donors (Lipinski definition) is 0. The first-order chi connectivity index (χ1) is 6.50. The monoisotopic (exact) mass is 294 g/mol. The molecule has 0 spiro atoms. The fourth-order valence-corrected chi connectivity index (χ4v) is 3.15. The predicted molar refractivity (Wildman–Crippen MR) is 69.4 cm³/mol. The third kappa shape index (κ3) is 3.56. The average molecular weight is 296 g/mol. The molecule has 1 unspecified atom stereocenters. The topological polar surface area (TPSA) is 0 Å². The lowest BCUT2D eigenvalue weighted by Crippen LogP contribution is -1.92. The van der Waals surface area contributed by atoms with Crippen LogP contribution in [0.5, 0.6) is 0 Å². The van der Waals surface area contributed by atoms with Crippen LogP contribution >= 0.6 is 38.9 Å². The lowest BCUT2D eigenvalue weighted by Gasteiger charge is -2.08. The molecule has 0 aliphatic heterocycles. The number of thiophene rings is 1. The Labute approximate surface area is 104 Å². The van der Waals surface area contributed by atoms with Crippen LogP contribution in [0.2, 0.25) is 0 Å². The SMILES string of the molecule is Cc1sc(C(Cl)CCC(C)C)cc1Br. The van der Waals surface area contributed by atoms with Crippen molar-refractivity contribution in [2.75, 3.05) is 0 Å². The molecule has 0 aromatic carbocycles. The molecular weight excluding hydrogens is 280 g/mol. The summed E-state index contributed by atoms with van der Waals surface area (Å²) in [5, 5.41) is 0.187. The molecular formula is C11H16BrClS. The van der Waals surface area contributed by atoms with E-state index >= 15 is 0 Å². The van der Waals surface area contributed by atoms with Gasteiger partial charge in [-0.25, -0.2) is 0 Å². The number of rotatable bonds is 4. The molecule has 0 saturated carbocycles. The molecule has 0 radical (unpaired) electrons. The maximum atomic E-state index is 6.33. The van der Waals surface area contributed by atoms with Crippen LogP contribution in [0.3, 0.4) is 0 Å². The van der Waals surface area contributed by atoms with Crippen molar-refractivity contribution in [3.05, 3.63) is 20.3 Å². The second-order valence-corrected chi connectivity index (χ2v) is 6.66. The van der Waals surface area contributed by atoms with E-state index < -0.39 is 0 Å². The molecule has 0 aliphatic rings. The van der Waals surface area contributed by atoms with Crippen molar-refractivity contribution in [1.29, 1.82) is 0 Å². The van der Waals surface area contributed by atoms with Crippen LogP contribution in [0.4, 0.5) is 0 Å². The summed E-state index contributed by atoms with van der Waals surface area (Å²) in [5.41, 5.74) is 0. The minimum Gasteiger partial charge on any atom is -0.143 e. The molecule has 0 aliphatic carbocycles. The third-order valence-corrected chi connectivity index (χ3v) is 5.02. The molecule has 1 heterocycles. The minimum atomic E-state index is 0.187.